The van der Waals surface area contributed by atoms with Crippen LogP contribution >= 0.6 is 12.2 Å². The van der Waals surface area contributed by atoms with Gasteiger partial charge in [0.2, 0.25) is 5.91 Å². The molecule has 3 aromatic rings. The van der Waals surface area contributed by atoms with Gasteiger partial charge in [-0.15, -0.1) is 0 Å². The second kappa shape index (κ2) is 7.92. The standard InChI is InChI=1S/C22H25N3OS/c1-22(2,3)17-10-7-16(8-11-17)9-12-20(26)24-18-5-4-6-19(15-18)25-14-13-23-21(25)27/h4-8,10-11,13-15H,9,12H2,1-3H3,(H,23,27)(H,24,26). The van der Waals surface area contributed by atoms with Crippen LogP contribution in [0.2, 0.25) is 0 Å². The third kappa shape index (κ3) is 4.95. The Balaban J connectivity index is 1.60. The fourth-order valence-corrected chi connectivity index (χ4v) is 3.14. The first-order valence-electron chi connectivity index (χ1n) is 9.09. The summed E-state index contributed by atoms with van der Waals surface area (Å²) in [6.07, 6.45) is 4.82. The van der Waals surface area contributed by atoms with Crippen LogP contribution in [0.4, 0.5) is 5.69 Å². The molecule has 0 aliphatic rings. The van der Waals surface area contributed by atoms with E-state index >= 15 is 0 Å². The van der Waals surface area contributed by atoms with Crippen LogP contribution in [0.15, 0.2) is 60.9 Å². The van der Waals surface area contributed by atoms with Gasteiger partial charge in [0.25, 0.3) is 0 Å². The minimum Gasteiger partial charge on any atom is -0.337 e. The Morgan fingerprint density at radius 3 is 2.52 bits per heavy atom. The van der Waals surface area contributed by atoms with Crippen LogP contribution in [0.1, 0.15) is 38.3 Å². The van der Waals surface area contributed by atoms with Crippen LogP contribution in [-0.2, 0) is 16.6 Å². The second-order valence-electron chi connectivity index (χ2n) is 7.68. The molecule has 1 heterocycles. The molecule has 0 bridgehead atoms. The zero-order chi connectivity index (χ0) is 19.4. The summed E-state index contributed by atoms with van der Waals surface area (Å²) in [7, 11) is 0. The Hall–Kier alpha value is -2.66. The summed E-state index contributed by atoms with van der Waals surface area (Å²) in [4.78, 5) is 15.3. The highest BCUT2D eigenvalue weighted by atomic mass is 32.1. The lowest BCUT2D eigenvalue weighted by Gasteiger charge is -2.19. The van der Waals surface area contributed by atoms with Crippen molar-refractivity contribution in [1.29, 1.82) is 0 Å². The fourth-order valence-electron chi connectivity index (χ4n) is 2.91. The Labute approximate surface area is 165 Å². The third-order valence-electron chi connectivity index (χ3n) is 4.52. The molecule has 2 N–H and O–H groups in total. The normalized spacial score (nSPS) is 11.4. The van der Waals surface area contributed by atoms with Crippen LogP contribution in [0.3, 0.4) is 0 Å². The van der Waals surface area contributed by atoms with Crippen molar-refractivity contribution in [2.75, 3.05) is 5.32 Å². The predicted octanol–water partition coefficient (Wildman–Crippen LogP) is 5.40. The highest BCUT2D eigenvalue weighted by Gasteiger charge is 2.13. The van der Waals surface area contributed by atoms with E-state index in [0.717, 1.165) is 17.8 Å². The van der Waals surface area contributed by atoms with E-state index in [0.29, 0.717) is 11.2 Å². The van der Waals surface area contributed by atoms with Gasteiger partial charge in [-0.05, 0) is 53.4 Å². The summed E-state index contributed by atoms with van der Waals surface area (Å²) < 4.78 is 2.49. The summed E-state index contributed by atoms with van der Waals surface area (Å²) in [6.45, 7) is 6.60. The number of benzene rings is 2. The van der Waals surface area contributed by atoms with Gasteiger partial charge in [0, 0.05) is 30.2 Å². The molecule has 27 heavy (non-hydrogen) atoms. The van der Waals surface area contributed by atoms with Crippen LogP contribution < -0.4 is 5.32 Å². The van der Waals surface area contributed by atoms with Crippen molar-refractivity contribution in [3.63, 3.8) is 0 Å². The molecule has 0 fully saturated rings. The maximum absolute atomic E-state index is 12.3. The number of aromatic nitrogens is 2. The zero-order valence-electron chi connectivity index (χ0n) is 16.0. The van der Waals surface area contributed by atoms with Crippen molar-refractivity contribution in [1.82, 2.24) is 9.55 Å². The van der Waals surface area contributed by atoms with Gasteiger partial charge in [-0.25, -0.2) is 0 Å². The first-order valence-corrected chi connectivity index (χ1v) is 9.49. The lowest BCUT2D eigenvalue weighted by atomic mass is 9.86. The van der Waals surface area contributed by atoms with Crippen molar-refractivity contribution in [3.8, 4) is 5.69 Å². The fraction of sp³-hybridized carbons (Fsp3) is 0.273. The van der Waals surface area contributed by atoms with E-state index in [2.05, 4.69) is 55.3 Å². The topological polar surface area (TPSA) is 49.8 Å². The highest BCUT2D eigenvalue weighted by molar-refractivity contribution is 7.71. The number of H-pyrrole nitrogens is 1. The average molecular weight is 380 g/mol. The number of amides is 1. The number of nitrogens with zero attached hydrogens (tertiary/aromatic N) is 1. The van der Waals surface area contributed by atoms with E-state index in [1.807, 2.05) is 35.0 Å². The number of aryl methyl sites for hydroxylation is 1. The number of aromatic amines is 1. The molecule has 3 rings (SSSR count). The molecule has 140 valence electrons. The summed E-state index contributed by atoms with van der Waals surface area (Å²) in [5.74, 6) is 0.00436. The molecular weight excluding hydrogens is 354 g/mol. The number of nitrogens with one attached hydrogen (secondary N) is 2. The maximum atomic E-state index is 12.3. The molecule has 1 amide bonds. The number of hydrogen-bond acceptors (Lipinski definition) is 2. The molecule has 5 heteroatoms. The summed E-state index contributed by atoms with van der Waals surface area (Å²) in [6, 6.07) is 16.2. The van der Waals surface area contributed by atoms with Crippen LogP contribution in [0.5, 0.6) is 0 Å². The van der Waals surface area contributed by atoms with Gasteiger partial charge in [-0.1, -0.05) is 51.1 Å². The molecule has 0 unspecified atom stereocenters. The van der Waals surface area contributed by atoms with Gasteiger partial charge in [0.05, 0.1) is 0 Å². The minimum absolute atomic E-state index is 0.00436. The Kier molecular flexibility index (Phi) is 5.61. The van der Waals surface area contributed by atoms with Gasteiger partial charge in [-0.2, -0.15) is 0 Å². The molecule has 0 aliphatic heterocycles. The molecule has 0 atom stereocenters. The van der Waals surface area contributed by atoms with Gasteiger partial charge in [0.15, 0.2) is 4.77 Å². The Morgan fingerprint density at radius 2 is 1.89 bits per heavy atom. The Morgan fingerprint density at radius 1 is 1.15 bits per heavy atom. The molecule has 1 aromatic heterocycles. The molecule has 0 spiro atoms. The summed E-state index contributed by atoms with van der Waals surface area (Å²) in [5, 5.41) is 2.97. The molecule has 0 saturated carbocycles. The zero-order valence-corrected chi connectivity index (χ0v) is 16.8. The van der Waals surface area contributed by atoms with Crippen molar-refractivity contribution < 1.29 is 4.79 Å². The lowest BCUT2D eigenvalue weighted by Crippen LogP contribution is -2.13. The Bertz CT molecular complexity index is 978. The smallest absolute Gasteiger partial charge is 0.224 e. The van der Waals surface area contributed by atoms with Crippen LogP contribution in [-0.4, -0.2) is 15.5 Å². The van der Waals surface area contributed by atoms with Crippen molar-refractivity contribution in [3.05, 3.63) is 76.8 Å². The first kappa shape index (κ1) is 19.1. The molecule has 0 aliphatic carbocycles. The van der Waals surface area contributed by atoms with Crippen LogP contribution in [0, 0.1) is 4.77 Å². The molecule has 4 nitrogen and oxygen atoms in total. The van der Waals surface area contributed by atoms with Gasteiger partial charge in [-0.3, -0.25) is 9.36 Å². The molecule has 0 saturated heterocycles. The molecule has 0 radical (unpaired) electrons. The third-order valence-corrected chi connectivity index (χ3v) is 4.83. The van der Waals surface area contributed by atoms with E-state index in [4.69, 9.17) is 12.2 Å². The minimum atomic E-state index is 0.00436. The molecular formula is C22H25N3OS. The number of carbonyl (C=O) groups is 1. The molecule has 2 aromatic carbocycles. The van der Waals surface area contributed by atoms with Crippen molar-refractivity contribution in [2.24, 2.45) is 0 Å². The first-order chi connectivity index (χ1) is 12.8. The van der Waals surface area contributed by atoms with E-state index in [9.17, 15) is 4.79 Å². The number of hydrogen-bond donors (Lipinski definition) is 2. The van der Waals surface area contributed by atoms with E-state index in [1.165, 1.54) is 11.1 Å². The predicted molar refractivity (Wildman–Crippen MR) is 113 cm³/mol. The van der Waals surface area contributed by atoms with E-state index < -0.39 is 0 Å². The van der Waals surface area contributed by atoms with Gasteiger partial charge >= 0.3 is 0 Å². The van der Waals surface area contributed by atoms with Crippen LogP contribution in [0.25, 0.3) is 5.69 Å². The monoisotopic (exact) mass is 379 g/mol. The number of imidazole rings is 1. The van der Waals surface area contributed by atoms with Crippen molar-refractivity contribution >= 4 is 23.8 Å². The highest BCUT2D eigenvalue weighted by Crippen LogP contribution is 2.22. The number of anilines is 1. The second-order valence-corrected chi connectivity index (χ2v) is 8.07. The van der Waals surface area contributed by atoms with Gasteiger partial charge in [0.1, 0.15) is 0 Å². The number of carbonyl (C=O) groups excluding carboxylic acids is 1. The SMILES string of the molecule is CC(C)(C)c1ccc(CCC(=O)Nc2cccc(-n3cc[nH]c3=S)c2)cc1. The van der Waals surface area contributed by atoms with Crippen molar-refractivity contribution in [2.45, 2.75) is 39.0 Å². The quantitative estimate of drug-likeness (QED) is 0.583. The van der Waals surface area contributed by atoms with E-state index in [-0.39, 0.29) is 11.3 Å². The van der Waals surface area contributed by atoms with Gasteiger partial charge < -0.3 is 10.3 Å². The summed E-state index contributed by atoms with van der Waals surface area (Å²) >= 11 is 5.25. The number of rotatable bonds is 5. The van der Waals surface area contributed by atoms with E-state index in [1.54, 1.807) is 6.20 Å². The largest absolute Gasteiger partial charge is 0.337 e. The average Bonchev–Trinajstić information content (AvgIpc) is 3.06. The maximum Gasteiger partial charge on any atom is 0.224 e. The lowest BCUT2D eigenvalue weighted by molar-refractivity contribution is -0.116. The summed E-state index contributed by atoms with van der Waals surface area (Å²) in [5.41, 5.74) is 4.30.